The fraction of sp³-hybridized carbons (Fsp3) is 0.500. The van der Waals surface area contributed by atoms with Crippen LogP contribution in [0.4, 0.5) is 0 Å². The summed E-state index contributed by atoms with van der Waals surface area (Å²) in [6.45, 7) is 6.12. The number of halogens is 1. The molecule has 0 N–H and O–H groups in total. The largest absolute Gasteiger partial charge is 0.335 e. The number of hydrogen-bond donors (Lipinski definition) is 0. The highest BCUT2D eigenvalue weighted by atomic mass is 35.5. The lowest BCUT2D eigenvalue weighted by Crippen LogP contribution is -2.50. The minimum absolute atomic E-state index is 0.0249. The second kappa shape index (κ2) is 7.17. The van der Waals surface area contributed by atoms with E-state index in [9.17, 15) is 4.79 Å². The first-order valence-corrected chi connectivity index (χ1v) is 8.53. The molecule has 3 rings (SSSR count). The molecule has 128 valence electrons. The number of aromatic nitrogens is 5. The van der Waals surface area contributed by atoms with Gasteiger partial charge in [0.2, 0.25) is 5.91 Å². The van der Waals surface area contributed by atoms with E-state index in [1.807, 2.05) is 13.1 Å². The zero-order valence-corrected chi connectivity index (χ0v) is 14.6. The van der Waals surface area contributed by atoms with Crippen LogP contribution in [-0.4, -0.2) is 48.7 Å². The quantitative estimate of drug-likeness (QED) is 0.751. The number of carbonyl (C=O) groups is 1. The fourth-order valence-corrected chi connectivity index (χ4v) is 3.01. The van der Waals surface area contributed by atoms with Crippen molar-refractivity contribution in [3.8, 4) is 0 Å². The highest BCUT2D eigenvalue weighted by Gasteiger charge is 2.31. The van der Waals surface area contributed by atoms with Crippen LogP contribution in [0.15, 0.2) is 18.5 Å². The summed E-state index contributed by atoms with van der Waals surface area (Å²) in [7, 11) is 0. The lowest BCUT2D eigenvalue weighted by molar-refractivity contribution is -0.131. The van der Waals surface area contributed by atoms with Crippen molar-refractivity contribution < 1.29 is 4.79 Å². The van der Waals surface area contributed by atoms with Crippen molar-refractivity contribution in [2.24, 2.45) is 0 Å². The molecule has 24 heavy (non-hydrogen) atoms. The molecular weight excluding hydrogens is 328 g/mol. The van der Waals surface area contributed by atoms with Crippen molar-refractivity contribution >= 4 is 23.6 Å². The Morgan fingerprint density at radius 2 is 2.25 bits per heavy atom. The Hall–Kier alpha value is -2.15. The zero-order valence-electron chi connectivity index (χ0n) is 13.9. The first-order chi connectivity index (χ1) is 11.6. The number of aryl methyl sites for hydroxylation is 2. The Kier molecular flexibility index (Phi) is 4.99. The van der Waals surface area contributed by atoms with Crippen molar-refractivity contribution in [2.45, 2.75) is 39.3 Å². The highest BCUT2D eigenvalue weighted by Crippen LogP contribution is 2.23. The monoisotopic (exact) mass is 348 g/mol. The second-order valence-electron chi connectivity index (χ2n) is 5.98. The molecule has 1 saturated heterocycles. The molecule has 3 heterocycles. The van der Waals surface area contributed by atoms with Gasteiger partial charge in [0.05, 0.1) is 17.9 Å². The summed E-state index contributed by atoms with van der Waals surface area (Å²) >= 11 is 6.37. The van der Waals surface area contributed by atoms with Crippen LogP contribution in [0.2, 0.25) is 5.15 Å². The maximum atomic E-state index is 12.2. The van der Waals surface area contributed by atoms with Gasteiger partial charge >= 0.3 is 0 Å². The molecule has 0 radical (unpaired) electrons. The van der Waals surface area contributed by atoms with Crippen LogP contribution in [0, 0.1) is 6.92 Å². The molecule has 0 spiro atoms. The van der Waals surface area contributed by atoms with Crippen LogP contribution in [-0.2, 0) is 11.3 Å². The van der Waals surface area contributed by atoms with Gasteiger partial charge in [0.1, 0.15) is 5.15 Å². The Morgan fingerprint density at radius 3 is 2.92 bits per heavy atom. The zero-order chi connectivity index (χ0) is 17.1. The summed E-state index contributed by atoms with van der Waals surface area (Å²) in [5, 5.41) is 12.8. The lowest BCUT2D eigenvalue weighted by Gasteiger charge is -2.38. The van der Waals surface area contributed by atoms with Gasteiger partial charge in [-0.1, -0.05) is 30.2 Å². The predicted octanol–water partition coefficient (Wildman–Crippen LogP) is 2.33. The van der Waals surface area contributed by atoms with E-state index in [0.717, 1.165) is 30.6 Å². The third-order valence-electron chi connectivity index (χ3n) is 4.21. The molecule has 2 aromatic heterocycles. The molecule has 0 aromatic carbocycles. The van der Waals surface area contributed by atoms with Gasteiger partial charge in [0.25, 0.3) is 0 Å². The van der Waals surface area contributed by atoms with Gasteiger partial charge in [0, 0.05) is 37.5 Å². The average molecular weight is 349 g/mol. The van der Waals surface area contributed by atoms with Gasteiger partial charge in [-0.05, 0) is 19.4 Å². The normalized spacial score (nSPS) is 15.2. The van der Waals surface area contributed by atoms with Gasteiger partial charge in [-0.2, -0.15) is 5.10 Å². The van der Waals surface area contributed by atoms with Gasteiger partial charge in [-0.3, -0.25) is 9.48 Å². The summed E-state index contributed by atoms with van der Waals surface area (Å²) in [6.07, 6.45) is 8.90. The minimum atomic E-state index is -0.0249. The molecule has 0 aliphatic carbocycles. The van der Waals surface area contributed by atoms with E-state index in [1.54, 1.807) is 32.6 Å². The number of amides is 1. The number of carbonyl (C=O) groups excluding carboxylic acids is 1. The highest BCUT2D eigenvalue weighted by molar-refractivity contribution is 6.31. The summed E-state index contributed by atoms with van der Waals surface area (Å²) in [5.41, 5.74) is 1.65. The van der Waals surface area contributed by atoms with Crippen LogP contribution >= 0.6 is 11.6 Å². The Balaban J connectivity index is 1.60. The van der Waals surface area contributed by atoms with Crippen molar-refractivity contribution in [3.05, 3.63) is 34.9 Å². The summed E-state index contributed by atoms with van der Waals surface area (Å²) in [4.78, 5) is 14.0. The third kappa shape index (κ3) is 3.36. The smallest absolute Gasteiger partial charge is 0.246 e. The fourth-order valence-electron chi connectivity index (χ4n) is 2.69. The SMILES string of the molecule is CCCCn1nc(C)c(C=CC(=O)N2CC(n3ccnn3)C2)c1Cl. The number of unbranched alkanes of at least 4 members (excludes halogenated alkanes) is 1. The molecule has 7 nitrogen and oxygen atoms in total. The molecular formula is C16H21ClN6O. The van der Waals surface area contributed by atoms with E-state index in [2.05, 4.69) is 22.3 Å². The van der Waals surface area contributed by atoms with Gasteiger partial charge < -0.3 is 4.90 Å². The lowest BCUT2D eigenvalue weighted by atomic mass is 10.1. The van der Waals surface area contributed by atoms with E-state index in [4.69, 9.17) is 11.6 Å². The van der Waals surface area contributed by atoms with Crippen LogP contribution in [0.3, 0.4) is 0 Å². The van der Waals surface area contributed by atoms with E-state index in [1.165, 1.54) is 0 Å². The van der Waals surface area contributed by atoms with Crippen molar-refractivity contribution in [1.82, 2.24) is 29.7 Å². The molecule has 2 aromatic rings. The minimum Gasteiger partial charge on any atom is -0.335 e. The summed E-state index contributed by atoms with van der Waals surface area (Å²) in [5.74, 6) is -0.0249. The Bertz CT molecular complexity index is 730. The molecule has 1 aliphatic rings. The van der Waals surface area contributed by atoms with E-state index in [0.29, 0.717) is 18.2 Å². The van der Waals surface area contributed by atoms with Crippen LogP contribution in [0.1, 0.15) is 37.1 Å². The van der Waals surface area contributed by atoms with Gasteiger partial charge in [-0.15, -0.1) is 5.10 Å². The molecule has 1 fully saturated rings. The first kappa shape index (κ1) is 16.7. The summed E-state index contributed by atoms with van der Waals surface area (Å²) in [6, 6.07) is 0.215. The molecule has 0 unspecified atom stereocenters. The molecule has 0 saturated carbocycles. The number of nitrogens with zero attached hydrogens (tertiary/aromatic N) is 6. The third-order valence-corrected chi connectivity index (χ3v) is 4.61. The van der Waals surface area contributed by atoms with Gasteiger partial charge in [-0.25, -0.2) is 4.68 Å². The van der Waals surface area contributed by atoms with Crippen molar-refractivity contribution in [1.29, 1.82) is 0 Å². The van der Waals surface area contributed by atoms with Crippen molar-refractivity contribution in [3.63, 3.8) is 0 Å². The maximum absolute atomic E-state index is 12.2. The molecule has 8 heteroatoms. The maximum Gasteiger partial charge on any atom is 0.246 e. The van der Waals surface area contributed by atoms with Crippen molar-refractivity contribution in [2.75, 3.05) is 13.1 Å². The number of likely N-dealkylation sites (tertiary alicyclic amines) is 1. The molecule has 1 aliphatic heterocycles. The van der Waals surface area contributed by atoms with Gasteiger partial charge in [0.15, 0.2) is 0 Å². The molecule has 1 amide bonds. The van der Waals surface area contributed by atoms with E-state index < -0.39 is 0 Å². The molecule has 0 atom stereocenters. The van der Waals surface area contributed by atoms with Crippen LogP contribution in [0.5, 0.6) is 0 Å². The van der Waals surface area contributed by atoms with Crippen LogP contribution < -0.4 is 0 Å². The van der Waals surface area contributed by atoms with E-state index in [-0.39, 0.29) is 11.9 Å². The Morgan fingerprint density at radius 1 is 1.46 bits per heavy atom. The summed E-state index contributed by atoms with van der Waals surface area (Å²) < 4.78 is 3.58. The second-order valence-corrected chi connectivity index (χ2v) is 6.34. The van der Waals surface area contributed by atoms with E-state index >= 15 is 0 Å². The molecule has 0 bridgehead atoms. The van der Waals surface area contributed by atoms with Crippen LogP contribution in [0.25, 0.3) is 6.08 Å². The number of rotatable bonds is 6. The topological polar surface area (TPSA) is 68.8 Å². The first-order valence-electron chi connectivity index (χ1n) is 8.15. The standard InChI is InChI=1S/C16H21ClN6O/c1-3-4-8-23-16(17)14(12(2)19-23)5-6-15(24)21-10-13(11-21)22-9-7-18-20-22/h5-7,9,13H,3-4,8,10-11H2,1-2H3. The average Bonchev–Trinajstić information content (AvgIpc) is 3.11. The Labute approximate surface area is 145 Å². The number of hydrogen-bond acceptors (Lipinski definition) is 4. The predicted molar refractivity (Wildman–Crippen MR) is 91.6 cm³/mol.